The lowest BCUT2D eigenvalue weighted by atomic mass is 9.94. The van der Waals surface area contributed by atoms with Crippen molar-refractivity contribution < 1.29 is 0 Å². The number of benzene rings is 11. The van der Waals surface area contributed by atoms with Crippen molar-refractivity contribution in [3.05, 3.63) is 212 Å². The summed E-state index contributed by atoms with van der Waals surface area (Å²) in [6.45, 7) is 0. The second-order valence-electron chi connectivity index (χ2n) is 16.7. The topological polar surface area (TPSA) is 48.5 Å². The smallest absolute Gasteiger partial charge is 0.238 e. The molecule has 0 aliphatic carbocycles. The van der Waals surface area contributed by atoms with Gasteiger partial charge in [0.15, 0.2) is 11.6 Å². The molecule has 0 unspecified atom stereocenters. The molecule has 14 rings (SSSR count). The van der Waals surface area contributed by atoms with E-state index in [0.29, 0.717) is 17.6 Å². The molecule has 3 heterocycles. The molecule has 0 N–H and O–H groups in total. The third-order valence-corrected chi connectivity index (χ3v) is 13.3. The van der Waals surface area contributed by atoms with Gasteiger partial charge in [-0.2, -0.15) is 9.97 Å². The SMILES string of the molecule is c1ccc2c(-c3nc(-c4cccc5ccccc45)nc(-n4c5ccccc5c5cc(-c6ccc7c8c6ccc6cccc(c68)n7-c6cccc7ccccc67)ccc54)n3)cccc2c1. The van der Waals surface area contributed by atoms with E-state index in [1.54, 1.807) is 0 Å². The average Bonchev–Trinajstić information content (AvgIpc) is 3.88. The molecule has 11 aromatic carbocycles. The zero-order valence-electron chi connectivity index (χ0n) is 34.4. The Balaban J connectivity index is 1.00. The van der Waals surface area contributed by atoms with Crippen molar-refractivity contribution in [2.45, 2.75) is 0 Å². The molecule has 0 radical (unpaired) electrons. The lowest BCUT2D eigenvalue weighted by molar-refractivity contribution is 0.955. The number of nitrogens with zero attached hydrogens (tertiary/aromatic N) is 5. The van der Waals surface area contributed by atoms with E-state index in [-0.39, 0.29) is 0 Å². The Kier molecular flexibility index (Phi) is 7.33. The number of fused-ring (bicyclic) bond motifs is 6. The predicted octanol–water partition coefficient (Wildman–Crippen LogP) is 15.1. The van der Waals surface area contributed by atoms with E-state index in [4.69, 9.17) is 15.0 Å². The van der Waals surface area contributed by atoms with Crippen LogP contribution in [0.25, 0.3) is 132 Å². The van der Waals surface area contributed by atoms with Crippen LogP contribution in [0, 0.1) is 0 Å². The van der Waals surface area contributed by atoms with Crippen LogP contribution < -0.4 is 0 Å². The highest BCUT2D eigenvalue weighted by atomic mass is 15.2. The highest BCUT2D eigenvalue weighted by Crippen LogP contribution is 2.45. The molecule has 3 aromatic heterocycles. The molecule has 296 valence electrons. The number of rotatable bonds is 5. The van der Waals surface area contributed by atoms with Gasteiger partial charge in [0, 0.05) is 38.1 Å². The molecule has 0 aliphatic heterocycles. The normalized spacial score (nSPS) is 12.1. The standard InChI is InChI=1S/C59H35N5/c1-4-20-41-36(13-1)16-9-24-47(41)57-60-58(48-25-10-17-37-14-2-5-21-42(37)48)62-59(61-57)64-51-26-8-7-23-45(51)49-35-40(30-33-52(49)64)43-32-34-54-56-46(43)31-29-39-19-12-28-53(55(39)56)63(54)50-27-11-18-38-15-3-6-22-44(38)50/h1-35H. The molecule has 64 heavy (non-hydrogen) atoms. The van der Waals surface area contributed by atoms with Crippen molar-refractivity contribution in [2.75, 3.05) is 0 Å². The number of hydrogen-bond donors (Lipinski definition) is 0. The van der Waals surface area contributed by atoms with Gasteiger partial charge in [0.25, 0.3) is 0 Å². The molecule has 5 heteroatoms. The molecular weight excluding hydrogens is 779 g/mol. The van der Waals surface area contributed by atoms with Gasteiger partial charge in [-0.15, -0.1) is 0 Å². The van der Waals surface area contributed by atoms with Crippen molar-refractivity contribution in [2.24, 2.45) is 0 Å². The minimum absolute atomic E-state index is 0.577. The summed E-state index contributed by atoms with van der Waals surface area (Å²) in [5.74, 6) is 1.84. The van der Waals surface area contributed by atoms with Crippen molar-refractivity contribution in [1.82, 2.24) is 24.1 Å². The van der Waals surface area contributed by atoms with Crippen molar-refractivity contribution in [3.8, 4) is 45.5 Å². The molecule has 0 amide bonds. The van der Waals surface area contributed by atoms with Crippen molar-refractivity contribution >= 4 is 86.7 Å². The first-order valence-corrected chi connectivity index (χ1v) is 21.8. The van der Waals surface area contributed by atoms with Gasteiger partial charge in [-0.1, -0.05) is 176 Å². The molecule has 0 aliphatic rings. The Morgan fingerprint density at radius 2 is 0.812 bits per heavy atom. The zero-order chi connectivity index (χ0) is 41.9. The summed E-state index contributed by atoms with van der Waals surface area (Å²) < 4.78 is 4.68. The van der Waals surface area contributed by atoms with E-state index in [1.165, 1.54) is 54.6 Å². The maximum atomic E-state index is 5.36. The summed E-state index contributed by atoms with van der Waals surface area (Å²) in [5, 5.41) is 14.3. The maximum Gasteiger partial charge on any atom is 0.238 e. The molecule has 0 saturated carbocycles. The van der Waals surface area contributed by atoms with Crippen LogP contribution in [0.3, 0.4) is 0 Å². The Morgan fingerprint density at radius 3 is 1.55 bits per heavy atom. The van der Waals surface area contributed by atoms with E-state index in [0.717, 1.165) is 60.0 Å². The summed E-state index contributed by atoms with van der Waals surface area (Å²) in [5.41, 5.74) is 9.97. The lowest BCUT2D eigenvalue weighted by Crippen LogP contribution is -2.06. The molecule has 0 spiro atoms. The first-order chi connectivity index (χ1) is 31.7. The molecule has 0 atom stereocenters. The zero-order valence-corrected chi connectivity index (χ0v) is 34.4. The van der Waals surface area contributed by atoms with Crippen molar-refractivity contribution in [3.63, 3.8) is 0 Å². The summed E-state index contributed by atoms with van der Waals surface area (Å²) in [6.07, 6.45) is 0. The van der Waals surface area contributed by atoms with Gasteiger partial charge in [-0.05, 0) is 85.2 Å². The number of hydrogen-bond acceptors (Lipinski definition) is 3. The van der Waals surface area contributed by atoms with E-state index >= 15 is 0 Å². The van der Waals surface area contributed by atoms with Crippen LogP contribution in [0.2, 0.25) is 0 Å². The molecule has 0 bridgehead atoms. The second kappa shape index (κ2) is 13.4. The predicted molar refractivity (Wildman–Crippen MR) is 266 cm³/mol. The van der Waals surface area contributed by atoms with Crippen LogP contribution >= 0.6 is 0 Å². The lowest BCUT2D eigenvalue weighted by Gasteiger charge is -2.13. The fourth-order valence-electron chi connectivity index (χ4n) is 10.5. The van der Waals surface area contributed by atoms with Crippen LogP contribution in [-0.4, -0.2) is 24.1 Å². The fourth-order valence-corrected chi connectivity index (χ4v) is 10.5. The molecule has 14 aromatic rings. The summed E-state index contributed by atoms with van der Waals surface area (Å²) in [6, 6.07) is 76.3. The van der Waals surface area contributed by atoms with Crippen LogP contribution in [0.15, 0.2) is 212 Å². The maximum absolute atomic E-state index is 5.36. The monoisotopic (exact) mass is 813 g/mol. The van der Waals surface area contributed by atoms with Gasteiger partial charge in [0.05, 0.1) is 27.8 Å². The molecule has 0 saturated heterocycles. The van der Waals surface area contributed by atoms with E-state index in [2.05, 4.69) is 221 Å². The first-order valence-electron chi connectivity index (χ1n) is 21.8. The third kappa shape index (κ3) is 5.03. The number of aromatic nitrogens is 5. The van der Waals surface area contributed by atoms with Crippen LogP contribution in [0.4, 0.5) is 0 Å². The van der Waals surface area contributed by atoms with Gasteiger partial charge in [0.2, 0.25) is 5.95 Å². The minimum atomic E-state index is 0.577. The summed E-state index contributed by atoms with van der Waals surface area (Å²) in [7, 11) is 0. The molecular formula is C59H35N5. The van der Waals surface area contributed by atoms with Gasteiger partial charge < -0.3 is 4.57 Å². The number of para-hydroxylation sites is 1. The largest absolute Gasteiger partial charge is 0.309 e. The molecule has 0 fully saturated rings. The Hall–Kier alpha value is -8.67. The Bertz CT molecular complexity index is 4100. The van der Waals surface area contributed by atoms with E-state index in [9.17, 15) is 0 Å². The quantitative estimate of drug-likeness (QED) is 0.163. The summed E-state index contributed by atoms with van der Waals surface area (Å²) in [4.78, 5) is 16.0. The van der Waals surface area contributed by atoms with Crippen LogP contribution in [0.5, 0.6) is 0 Å². The first kappa shape index (κ1) is 35.0. The van der Waals surface area contributed by atoms with Gasteiger partial charge in [-0.3, -0.25) is 4.57 Å². The molecule has 5 nitrogen and oxygen atoms in total. The van der Waals surface area contributed by atoms with Gasteiger partial charge in [-0.25, -0.2) is 4.98 Å². The highest BCUT2D eigenvalue weighted by molar-refractivity contribution is 6.27. The average molecular weight is 814 g/mol. The minimum Gasteiger partial charge on any atom is -0.309 e. The second-order valence-corrected chi connectivity index (χ2v) is 16.7. The Labute approximate surface area is 367 Å². The van der Waals surface area contributed by atoms with Crippen molar-refractivity contribution in [1.29, 1.82) is 0 Å². The highest BCUT2D eigenvalue weighted by Gasteiger charge is 2.23. The van der Waals surface area contributed by atoms with Crippen LogP contribution in [0.1, 0.15) is 0 Å². The van der Waals surface area contributed by atoms with Gasteiger partial charge in [0.1, 0.15) is 0 Å². The van der Waals surface area contributed by atoms with Gasteiger partial charge >= 0.3 is 0 Å². The van der Waals surface area contributed by atoms with E-state index in [1.807, 2.05) is 0 Å². The Morgan fingerprint density at radius 1 is 0.281 bits per heavy atom. The third-order valence-electron chi connectivity index (χ3n) is 13.3. The summed E-state index contributed by atoms with van der Waals surface area (Å²) >= 11 is 0. The van der Waals surface area contributed by atoms with Crippen LogP contribution in [-0.2, 0) is 0 Å². The van der Waals surface area contributed by atoms with E-state index < -0.39 is 0 Å². The fraction of sp³-hybridized carbons (Fsp3) is 0.